The number of nitrogens with one attached hydrogen (secondary N) is 2. The predicted molar refractivity (Wildman–Crippen MR) is 73.6 cm³/mol. The topological polar surface area (TPSA) is 61.4 Å². The van der Waals surface area contributed by atoms with Gasteiger partial charge in [0.2, 0.25) is 5.91 Å². The van der Waals surface area contributed by atoms with Crippen LogP contribution in [-0.4, -0.2) is 35.2 Å². The molecule has 5 atom stereocenters. The van der Waals surface area contributed by atoms with E-state index in [4.69, 9.17) is 0 Å². The van der Waals surface area contributed by atoms with Crippen LogP contribution in [0.1, 0.15) is 46.5 Å². The number of carbonyl (C=O) groups excluding carboxylic acids is 1. The molecule has 4 aliphatic rings. The molecule has 0 unspecified atom stereocenters. The Balaban J connectivity index is 1.68. The van der Waals surface area contributed by atoms with Gasteiger partial charge in [0.05, 0.1) is 17.7 Å². The third-order valence-corrected chi connectivity index (χ3v) is 6.10. The van der Waals surface area contributed by atoms with Crippen LogP contribution in [0.3, 0.4) is 0 Å². The van der Waals surface area contributed by atoms with E-state index in [0.717, 1.165) is 32.2 Å². The highest BCUT2D eigenvalue weighted by Gasteiger charge is 2.63. The molecule has 3 saturated carbocycles. The van der Waals surface area contributed by atoms with Crippen LogP contribution in [0.15, 0.2) is 0 Å². The molecule has 1 aliphatic heterocycles. The number of hydrogen-bond acceptors (Lipinski definition) is 3. The Bertz CT molecular complexity index is 386. The molecule has 1 saturated heterocycles. The minimum Gasteiger partial charge on any atom is -0.388 e. The van der Waals surface area contributed by atoms with Crippen molar-refractivity contribution in [3.05, 3.63) is 0 Å². The van der Waals surface area contributed by atoms with E-state index in [1.165, 1.54) is 0 Å². The van der Waals surface area contributed by atoms with Crippen LogP contribution in [0, 0.1) is 17.3 Å². The van der Waals surface area contributed by atoms with E-state index in [9.17, 15) is 9.90 Å². The van der Waals surface area contributed by atoms with Crippen molar-refractivity contribution in [3.63, 3.8) is 0 Å². The van der Waals surface area contributed by atoms with Crippen LogP contribution < -0.4 is 10.6 Å². The van der Waals surface area contributed by atoms with E-state index in [1.54, 1.807) is 0 Å². The number of aliphatic hydroxyl groups is 1. The van der Waals surface area contributed by atoms with Gasteiger partial charge in [-0.05, 0) is 56.4 Å². The summed E-state index contributed by atoms with van der Waals surface area (Å²) >= 11 is 0. The lowest BCUT2D eigenvalue weighted by Crippen LogP contribution is -2.70. The van der Waals surface area contributed by atoms with Gasteiger partial charge < -0.3 is 15.7 Å². The second kappa shape index (κ2) is 4.19. The number of hydrogen-bond donors (Lipinski definition) is 3. The molecule has 0 aromatic heterocycles. The Kier molecular flexibility index (Phi) is 2.95. The molecule has 4 rings (SSSR count). The van der Waals surface area contributed by atoms with Gasteiger partial charge in [0.15, 0.2) is 0 Å². The van der Waals surface area contributed by atoms with Crippen LogP contribution in [0.5, 0.6) is 0 Å². The van der Waals surface area contributed by atoms with Gasteiger partial charge >= 0.3 is 0 Å². The minimum absolute atomic E-state index is 0.0536. The Morgan fingerprint density at radius 1 is 1.32 bits per heavy atom. The maximum Gasteiger partial charge on any atom is 0.237 e. The van der Waals surface area contributed by atoms with Crippen molar-refractivity contribution in [1.82, 2.24) is 10.6 Å². The molecule has 0 spiro atoms. The average Bonchev–Trinajstić information content (AvgIpc) is 2.84. The smallest absolute Gasteiger partial charge is 0.237 e. The molecule has 0 aromatic carbocycles. The Labute approximate surface area is 115 Å². The third-order valence-electron chi connectivity index (χ3n) is 6.10. The Morgan fingerprint density at radius 3 is 2.58 bits per heavy atom. The summed E-state index contributed by atoms with van der Waals surface area (Å²) in [6.07, 6.45) is 4.00. The summed E-state index contributed by atoms with van der Waals surface area (Å²) in [6, 6.07) is -0.138. The first-order valence-corrected chi connectivity index (χ1v) is 7.59. The molecular weight excluding hydrogens is 240 g/mol. The quantitative estimate of drug-likeness (QED) is 0.700. The first-order valence-electron chi connectivity index (χ1n) is 7.59. The Hall–Kier alpha value is -0.610. The second-order valence-electron chi connectivity index (χ2n) is 7.48. The summed E-state index contributed by atoms with van der Waals surface area (Å²) in [6.45, 7) is 7.33. The summed E-state index contributed by atoms with van der Waals surface area (Å²) in [4.78, 5) is 12.2. The van der Waals surface area contributed by atoms with Gasteiger partial charge in [-0.25, -0.2) is 0 Å². The van der Waals surface area contributed by atoms with Crippen molar-refractivity contribution in [3.8, 4) is 0 Å². The zero-order valence-electron chi connectivity index (χ0n) is 12.2. The third kappa shape index (κ3) is 1.91. The van der Waals surface area contributed by atoms with E-state index < -0.39 is 5.60 Å². The van der Waals surface area contributed by atoms with Crippen LogP contribution in [-0.2, 0) is 4.79 Å². The zero-order valence-corrected chi connectivity index (χ0v) is 12.2. The molecule has 19 heavy (non-hydrogen) atoms. The molecule has 4 nitrogen and oxygen atoms in total. The van der Waals surface area contributed by atoms with Gasteiger partial charge in [-0.2, -0.15) is 0 Å². The fourth-order valence-corrected chi connectivity index (χ4v) is 4.56. The van der Waals surface area contributed by atoms with Crippen molar-refractivity contribution < 1.29 is 9.90 Å². The summed E-state index contributed by atoms with van der Waals surface area (Å²) in [5.41, 5.74) is -0.553. The highest BCUT2D eigenvalue weighted by Crippen LogP contribution is 2.62. The van der Waals surface area contributed by atoms with Crippen molar-refractivity contribution in [2.75, 3.05) is 6.54 Å². The first-order chi connectivity index (χ1) is 8.83. The van der Waals surface area contributed by atoms with Crippen molar-refractivity contribution in [2.45, 2.75) is 64.1 Å². The van der Waals surface area contributed by atoms with Crippen LogP contribution >= 0.6 is 0 Å². The maximum absolute atomic E-state index is 12.2. The Morgan fingerprint density at radius 2 is 2.05 bits per heavy atom. The number of fused-ring (bicyclic) bond motifs is 2. The SMILES string of the molecule is CC1(C)[C@@H]2C[C@H]1[C@@](C)(O)[C@H](NC(=O)[C@@H]1CCCN1)C2. The van der Waals surface area contributed by atoms with Crippen LogP contribution in [0.2, 0.25) is 0 Å². The standard InChI is InChI=1S/C15H26N2O2/c1-14(2)9-7-11(14)15(3,19)12(8-9)17-13(18)10-5-4-6-16-10/h9-12,16,19H,4-8H2,1-3H3,(H,17,18)/t9-,10+,11-,12-,15-/m1/s1. The lowest BCUT2D eigenvalue weighted by atomic mass is 9.43. The highest BCUT2D eigenvalue weighted by molar-refractivity contribution is 5.82. The first kappa shape index (κ1) is 13.4. The number of rotatable bonds is 2. The molecule has 0 radical (unpaired) electrons. The summed E-state index contributed by atoms with van der Waals surface area (Å²) < 4.78 is 0. The molecule has 1 heterocycles. The highest BCUT2D eigenvalue weighted by atomic mass is 16.3. The minimum atomic E-state index is -0.771. The van der Waals surface area contributed by atoms with Gasteiger partial charge in [-0.1, -0.05) is 13.8 Å². The molecule has 3 N–H and O–H groups in total. The number of amides is 1. The van der Waals surface area contributed by atoms with Gasteiger partial charge in [0, 0.05) is 0 Å². The zero-order chi connectivity index (χ0) is 13.8. The lowest BCUT2D eigenvalue weighted by molar-refractivity contribution is -0.209. The van der Waals surface area contributed by atoms with Crippen molar-refractivity contribution >= 4 is 5.91 Å². The molecular formula is C15H26N2O2. The average molecular weight is 266 g/mol. The second-order valence-corrected chi connectivity index (χ2v) is 7.48. The summed E-state index contributed by atoms with van der Waals surface area (Å²) in [7, 11) is 0. The van der Waals surface area contributed by atoms with Gasteiger partial charge in [-0.3, -0.25) is 4.79 Å². The van der Waals surface area contributed by atoms with Gasteiger partial charge in [0.25, 0.3) is 0 Å². The molecule has 4 heteroatoms. The summed E-state index contributed by atoms with van der Waals surface area (Å²) in [5.74, 6) is 1.02. The maximum atomic E-state index is 12.2. The molecule has 108 valence electrons. The predicted octanol–water partition coefficient (Wildman–Crippen LogP) is 1.04. The molecule has 1 amide bonds. The van der Waals surface area contributed by atoms with Crippen molar-refractivity contribution in [2.24, 2.45) is 17.3 Å². The van der Waals surface area contributed by atoms with E-state index in [2.05, 4.69) is 24.5 Å². The molecule has 4 fully saturated rings. The van der Waals surface area contributed by atoms with Gasteiger partial charge in [-0.15, -0.1) is 0 Å². The largest absolute Gasteiger partial charge is 0.388 e. The van der Waals surface area contributed by atoms with Crippen molar-refractivity contribution in [1.29, 1.82) is 0 Å². The van der Waals surface area contributed by atoms with Crippen LogP contribution in [0.4, 0.5) is 0 Å². The fourth-order valence-electron chi connectivity index (χ4n) is 4.56. The fraction of sp³-hybridized carbons (Fsp3) is 0.933. The number of carbonyl (C=O) groups is 1. The van der Waals surface area contributed by atoms with Gasteiger partial charge in [0.1, 0.15) is 0 Å². The van der Waals surface area contributed by atoms with E-state index in [0.29, 0.717) is 11.8 Å². The molecule has 2 bridgehead atoms. The molecule has 3 aliphatic carbocycles. The monoisotopic (exact) mass is 266 g/mol. The van der Waals surface area contributed by atoms with Crippen LogP contribution in [0.25, 0.3) is 0 Å². The summed E-state index contributed by atoms with van der Waals surface area (Å²) in [5, 5.41) is 17.1. The molecule has 0 aromatic rings. The van der Waals surface area contributed by atoms with E-state index in [1.807, 2.05) is 6.92 Å². The van der Waals surface area contributed by atoms with E-state index in [-0.39, 0.29) is 23.4 Å². The van der Waals surface area contributed by atoms with E-state index >= 15 is 0 Å². The lowest BCUT2D eigenvalue weighted by Gasteiger charge is -2.65. The normalized spacial score (nSPS) is 47.6.